The lowest BCUT2D eigenvalue weighted by molar-refractivity contribution is -0.0517. The normalized spacial score (nSPS) is 19.7. The highest BCUT2D eigenvalue weighted by Gasteiger charge is 2.18. The van der Waals surface area contributed by atoms with E-state index in [4.69, 9.17) is 0 Å². The highest BCUT2D eigenvalue weighted by atomic mass is 32.2. The molecule has 0 amide bonds. The van der Waals surface area contributed by atoms with E-state index in [-0.39, 0.29) is 5.88 Å². The molecule has 2 heterocycles. The summed E-state index contributed by atoms with van der Waals surface area (Å²) in [5, 5.41) is 4.88. The van der Waals surface area contributed by atoms with Crippen LogP contribution in [-0.2, 0) is 0 Å². The summed E-state index contributed by atoms with van der Waals surface area (Å²) in [4.78, 5) is 4.93. The number of rotatable bonds is 4. The maximum absolute atomic E-state index is 12.5. The molecule has 0 radical (unpaired) electrons. The minimum Gasteiger partial charge on any atom is -0.416 e. The zero-order valence-electron chi connectivity index (χ0n) is 12.1. The number of pyridine rings is 1. The van der Waals surface area contributed by atoms with Crippen LogP contribution in [0.5, 0.6) is 5.88 Å². The molecule has 1 N–H and O–H groups in total. The summed E-state index contributed by atoms with van der Waals surface area (Å²) >= 11 is 1.65. The van der Waals surface area contributed by atoms with E-state index < -0.39 is 6.61 Å². The first-order valence-corrected chi connectivity index (χ1v) is 7.89. The SMILES string of the molecule is C[C@@H]1CN(Sc2cccc3c(OC(F)F)nccc23)CCN1. The molecule has 1 aliphatic heterocycles. The van der Waals surface area contributed by atoms with Crippen molar-refractivity contribution in [2.24, 2.45) is 0 Å². The third-order valence-corrected chi connectivity index (χ3v) is 4.63. The number of ether oxygens (including phenoxy) is 1. The standard InChI is InChI=1S/C15H17F2N3OS/c1-10-9-20(8-7-18-10)22-13-4-2-3-12-11(13)5-6-19-14(12)21-15(16)17/h2-6,10,15,18H,7-9H2,1H3/t10-/m1/s1. The van der Waals surface area contributed by atoms with E-state index in [0.29, 0.717) is 11.4 Å². The number of hydrogen-bond donors (Lipinski definition) is 1. The van der Waals surface area contributed by atoms with Crippen molar-refractivity contribution in [3.05, 3.63) is 30.5 Å². The lowest BCUT2D eigenvalue weighted by atomic mass is 10.2. The van der Waals surface area contributed by atoms with E-state index in [1.807, 2.05) is 18.2 Å². The fraction of sp³-hybridized carbons (Fsp3) is 0.400. The monoisotopic (exact) mass is 325 g/mol. The van der Waals surface area contributed by atoms with Gasteiger partial charge in [0.1, 0.15) is 0 Å². The van der Waals surface area contributed by atoms with Gasteiger partial charge in [-0.2, -0.15) is 8.78 Å². The van der Waals surface area contributed by atoms with E-state index in [2.05, 4.69) is 26.3 Å². The molecule has 7 heteroatoms. The van der Waals surface area contributed by atoms with Crippen LogP contribution in [0.2, 0.25) is 0 Å². The molecule has 0 saturated carbocycles. The maximum atomic E-state index is 12.5. The van der Waals surface area contributed by atoms with Crippen LogP contribution in [0.1, 0.15) is 6.92 Å². The van der Waals surface area contributed by atoms with Gasteiger partial charge < -0.3 is 10.1 Å². The molecule has 118 valence electrons. The second-order valence-corrected chi connectivity index (χ2v) is 6.32. The van der Waals surface area contributed by atoms with Crippen molar-refractivity contribution in [2.75, 3.05) is 19.6 Å². The van der Waals surface area contributed by atoms with Gasteiger partial charge in [0.2, 0.25) is 5.88 Å². The Balaban J connectivity index is 1.90. The fourth-order valence-electron chi connectivity index (χ4n) is 2.53. The molecule has 3 rings (SSSR count). The minimum absolute atomic E-state index is 0.0244. The first-order chi connectivity index (χ1) is 10.6. The Bertz CT molecular complexity index is 656. The van der Waals surface area contributed by atoms with Crippen molar-refractivity contribution < 1.29 is 13.5 Å². The smallest absolute Gasteiger partial charge is 0.388 e. The highest BCUT2D eigenvalue weighted by Crippen LogP contribution is 2.34. The average molecular weight is 325 g/mol. The van der Waals surface area contributed by atoms with E-state index in [1.165, 1.54) is 6.20 Å². The van der Waals surface area contributed by atoms with Crippen molar-refractivity contribution in [1.82, 2.24) is 14.6 Å². The van der Waals surface area contributed by atoms with Gasteiger partial charge in [0.05, 0.1) is 0 Å². The summed E-state index contributed by atoms with van der Waals surface area (Å²) in [6.45, 7) is 2.10. The molecule has 1 atom stereocenters. The Morgan fingerprint density at radius 1 is 1.36 bits per heavy atom. The maximum Gasteiger partial charge on any atom is 0.388 e. The summed E-state index contributed by atoms with van der Waals surface area (Å²) in [6, 6.07) is 7.87. The Kier molecular flexibility index (Phi) is 4.75. The van der Waals surface area contributed by atoms with E-state index in [0.717, 1.165) is 29.9 Å². The lowest BCUT2D eigenvalue weighted by Crippen LogP contribution is -2.46. The lowest BCUT2D eigenvalue weighted by Gasteiger charge is -2.30. The summed E-state index contributed by atoms with van der Waals surface area (Å²) < 4.78 is 31.8. The quantitative estimate of drug-likeness (QED) is 0.874. The number of benzene rings is 1. The molecule has 2 aromatic rings. The van der Waals surface area contributed by atoms with Gasteiger partial charge in [0.15, 0.2) is 0 Å². The Labute approximate surface area is 132 Å². The van der Waals surface area contributed by atoms with Crippen molar-refractivity contribution >= 4 is 22.7 Å². The first-order valence-electron chi connectivity index (χ1n) is 7.12. The van der Waals surface area contributed by atoms with Crippen LogP contribution in [0.3, 0.4) is 0 Å². The molecule has 1 aromatic carbocycles. The Morgan fingerprint density at radius 2 is 2.23 bits per heavy atom. The molecule has 1 fully saturated rings. The zero-order valence-corrected chi connectivity index (χ0v) is 12.9. The number of hydrogen-bond acceptors (Lipinski definition) is 5. The molecular formula is C15H17F2N3OS. The van der Waals surface area contributed by atoms with Crippen molar-refractivity contribution in [3.8, 4) is 5.88 Å². The molecule has 0 bridgehead atoms. The molecule has 22 heavy (non-hydrogen) atoms. The van der Waals surface area contributed by atoms with Crippen molar-refractivity contribution in [2.45, 2.75) is 24.5 Å². The number of halogens is 2. The summed E-state index contributed by atoms with van der Waals surface area (Å²) in [5.41, 5.74) is 0. The largest absolute Gasteiger partial charge is 0.416 e. The average Bonchev–Trinajstić information content (AvgIpc) is 2.48. The van der Waals surface area contributed by atoms with Crippen LogP contribution in [0.15, 0.2) is 35.4 Å². The molecular weight excluding hydrogens is 308 g/mol. The molecule has 0 aliphatic carbocycles. The molecule has 0 unspecified atom stereocenters. The number of piperazine rings is 1. The highest BCUT2D eigenvalue weighted by molar-refractivity contribution is 7.97. The van der Waals surface area contributed by atoms with Gasteiger partial charge in [0, 0.05) is 47.5 Å². The van der Waals surface area contributed by atoms with Gasteiger partial charge >= 0.3 is 6.61 Å². The molecule has 0 spiro atoms. The van der Waals surface area contributed by atoms with Crippen LogP contribution in [0.4, 0.5) is 8.78 Å². The Morgan fingerprint density at radius 3 is 3.00 bits per heavy atom. The summed E-state index contributed by atoms with van der Waals surface area (Å²) in [6.07, 6.45) is 1.50. The van der Waals surface area contributed by atoms with E-state index in [1.54, 1.807) is 18.0 Å². The topological polar surface area (TPSA) is 37.4 Å². The number of alkyl halides is 2. The van der Waals surface area contributed by atoms with Crippen molar-refractivity contribution in [3.63, 3.8) is 0 Å². The fourth-order valence-corrected chi connectivity index (χ4v) is 3.70. The molecule has 1 aromatic heterocycles. The van der Waals surface area contributed by atoms with Crippen LogP contribution in [-0.4, -0.2) is 41.6 Å². The number of nitrogens with one attached hydrogen (secondary N) is 1. The third-order valence-electron chi connectivity index (χ3n) is 3.49. The van der Waals surface area contributed by atoms with Crippen LogP contribution < -0.4 is 10.1 Å². The number of aromatic nitrogens is 1. The second kappa shape index (κ2) is 6.76. The first kappa shape index (κ1) is 15.5. The predicted molar refractivity (Wildman–Crippen MR) is 83.3 cm³/mol. The van der Waals surface area contributed by atoms with Gasteiger partial charge in [-0.1, -0.05) is 6.07 Å². The van der Waals surface area contributed by atoms with Gasteiger partial charge in [-0.3, -0.25) is 0 Å². The number of fused-ring (bicyclic) bond motifs is 1. The van der Waals surface area contributed by atoms with Gasteiger partial charge in [0.25, 0.3) is 0 Å². The van der Waals surface area contributed by atoms with Gasteiger partial charge in [-0.25, -0.2) is 9.29 Å². The van der Waals surface area contributed by atoms with Gasteiger partial charge in [-0.15, -0.1) is 0 Å². The summed E-state index contributed by atoms with van der Waals surface area (Å²) in [7, 11) is 0. The third kappa shape index (κ3) is 3.48. The molecule has 4 nitrogen and oxygen atoms in total. The van der Waals surface area contributed by atoms with Crippen LogP contribution in [0.25, 0.3) is 10.8 Å². The Hall–Kier alpha value is -1.44. The van der Waals surface area contributed by atoms with E-state index in [9.17, 15) is 8.78 Å². The minimum atomic E-state index is -2.87. The van der Waals surface area contributed by atoms with Gasteiger partial charge in [-0.05, 0) is 37.1 Å². The zero-order chi connectivity index (χ0) is 15.5. The van der Waals surface area contributed by atoms with Crippen molar-refractivity contribution in [1.29, 1.82) is 0 Å². The number of nitrogens with zero attached hydrogens (tertiary/aromatic N) is 2. The van der Waals surface area contributed by atoms with Crippen LogP contribution >= 0.6 is 11.9 Å². The van der Waals surface area contributed by atoms with E-state index >= 15 is 0 Å². The van der Waals surface area contributed by atoms with Crippen LogP contribution in [0, 0.1) is 0 Å². The molecule has 1 saturated heterocycles. The second-order valence-electron chi connectivity index (χ2n) is 5.18. The molecule has 1 aliphatic rings. The summed E-state index contributed by atoms with van der Waals surface area (Å²) in [5.74, 6) is -0.0244. The predicted octanol–water partition coefficient (Wildman–Crippen LogP) is 3.14.